The van der Waals surface area contributed by atoms with Crippen molar-refractivity contribution in [1.29, 1.82) is 0 Å². The van der Waals surface area contributed by atoms with Gasteiger partial charge in [0.2, 0.25) is 0 Å². The van der Waals surface area contributed by atoms with E-state index in [1.54, 1.807) is 41.0 Å². The molecular weight excluding hydrogens is 430 g/mol. The lowest BCUT2D eigenvalue weighted by atomic mass is 10.1. The van der Waals surface area contributed by atoms with Crippen molar-refractivity contribution in [2.45, 2.75) is 18.6 Å². The molecule has 8 heteroatoms. The summed E-state index contributed by atoms with van der Waals surface area (Å²) in [6, 6.07) is 12.1. The predicted molar refractivity (Wildman–Crippen MR) is 107 cm³/mol. The highest BCUT2D eigenvalue weighted by molar-refractivity contribution is 9.10. The minimum Gasteiger partial charge on any atom is -0.287 e. The van der Waals surface area contributed by atoms with Gasteiger partial charge in [-0.15, -0.1) is 0 Å². The molecule has 136 valence electrons. The molecule has 2 heterocycles. The number of carbonyl (C=O) groups is 2. The number of imide groups is 1. The SMILES string of the molecule is CCn1c(SCN2C(=O)c3ccccc3C2=O)nc2ccc(Br)cc2c1=O. The van der Waals surface area contributed by atoms with Crippen LogP contribution in [-0.4, -0.2) is 32.1 Å². The number of thioether (sulfide) groups is 1. The standard InChI is InChI=1S/C19H14BrN3O3S/c1-2-22-18(26)14-9-11(20)7-8-15(14)21-19(22)27-10-23-16(24)12-5-3-4-6-13(12)17(23)25/h3-9H,2,10H2,1H3. The lowest BCUT2D eigenvalue weighted by Crippen LogP contribution is -2.30. The molecule has 0 atom stereocenters. The van der Waals surface area contributed by atoms with Gasteiger partial charge in [-0.2, -0.15) is 0 Å². The molecule has 0 radical (unpaired) electrons. The van der Waals surface area contributed by atoms with Gasteiger partial charge in [0.15, 0.2) is 5.16 Å². The van der Waals surface area contributed by atoms with Crippen molar-refractivity contribution in [1.82, 2.24) is 14.5 Å². The summed E-state index contributed by atoms with van der Waals surface area (Å²) in [7, 11) is 0. The van der Waals surface area contributed by atoms with Crippen LogP contribution < -0.4 is 5.56 Å². The number of rotatable bonds is 4. The Morgan fingerprint density at radius 1 is 1.04 bits per heavy atom. The summed E-state index contributed by atoms with van der Waals surface area (Å²) < 4.78 is 2.36. The van der Waals surface area contributed by atoms with E-state index in [0.717, 1.165) is 4.47 Å². The fourth-order valence-electron chi connectivity index (χ4n) is 3.04. The maximum Gasteiger partial charge on any atom is 0.262 e. The predicted octanol–water partition coefficient (Wildman–Crippen LogP) is 3.52. The molecule has 0 bridgehead atoms. The van der Waals surface area contributed by atoms with Gasteiger partial charge < -0.3 is 0 Å². The van der Waals surface area contributed by atoms with E-state index >= 15 is 0 Å². The number of halogens is 1. The van der Waals surface area contributed by atoms with Gasteiger partial charge in [0.1, 0.15) is 0 Å². The van der Waals surface area contributed by atoms with Gasteiger partial charge in [-0.1, -0.05) is 39.8 Å². The van der Waals surface area contributed by atoms with E-state index in [0.29, 0.717) is 33.7 Å². The fourth-order valence-corrected chi connectivity index (χ4v) is 4.41. The van der Waals surface area contributed by atoms with Gasteiger partial charge in [-0.25, -0.2) is 4.98 Å². The Labute approximate surface area is 167 Å². The van der Waals surface area contributed by atoms with E-state index in [9.17, 15) is 14.4 Å². The van der Waals surface area contributed by atoms with E-state index in [-0.39, 0.29) is 23.3 Å². The van der Waals surface area contributed by atoms with Crippen molar-refractivity contribution in [3.8, 4) is 0 Å². The van der Waals surface area contributed by atoms with Gasteiger partial charge >= 0.3 is 0 Å². The normalized spacial score (nSPS) is 13.5. The Morgan fingerprint density at radius 2 is 1.70 bits per heavy atom. The second kappa shape index (κ2) is 6.94. The average Bonchev–Trinajstić information content (AvgIpc) is 2.92. The number of aromatic nitrogens is 2. The van der Waals surface area contributed by atoms with Crippen LogP contribution in [0.3, 0.4) is 0 Å². The summed E-state index contributed by atoms with van der Waals surface area (Å²) in [5.41, 5.74) is 1.26. The van der Waals surface area contributed by atoms with E-state index in [1.807, 2.05) is 13.0 Å². The molecule has 1 aromatic heterocycles. The van der Waals surface area contributed by atoms with E-state index in [2.05, 4.69) is 20.9 Å². The molecule has 0 N–H and O–H groups in total. The van der Waals surface area contributed by atoms with Gasteiger partial charge in [0.05, 0.1) is 27.9 Å². The summed E-state index contributed by atoms with van der Waals surface area (Å²) in [6.45, 7) is 2.30. The number of amides is 2. The topological polar surface area (TPSA) is 72.3 Å². The molecule has 3 aromatic rings. The Kier molecular flexibility index (Phi) is 4.61. The Balaban J connectivity index is 1.67. The zero-order chi connectivity index (χ0) is 19.1. The van der Waals surface area contributed by atoms with E-state index < -0.39 is 0 Å². The van der Waals surface area contributed by atoms with Gasteiger partial charge in [0, 0.05) is 11.0 Å². The second-order valence-electron chi connectivity index (χ2n) is 5.96. The highest BCUT2D eigenvalue weighted by Crippen LogP contribution is 2.27. The van der Waals surface area contributed by atoms with Crippen molar-refractivity contribution in [2.24, 2.45) is 0 Å². The molecular formula is C19H14BrN3O3S. The van der Waals surface area contributed by atoms with Crippen LogP contribution in [0.15, 0.2) is 56.9 Å². The molecule has 1 aliphatic rings. The maximum absolute atomic E-state index is 12.8. The fraction of sp³-hybridized carbons (Fsp3) is 0.158. The first-order chi connectivity index (χ1) is 13.0. The third-order valence-electron chi connectivity index (χ3n) is 4.40. The monoisotopic (exact) mass is 443 g/mol. The molecule has 0 fully saturated rings. The van der Waals surface area contributed by atoms with Crippen molar-refractivity contribution in [3.63, 3.8) is 0 Å². The molecule has 1 aliphatic heterocycles. The minimum atomic E-state index is -0.321. The van der Waals surface area contributed by atoms with Crippen LogP contribution >= 0.6 is 27.7 Å². The zero-order valence-corrected chi connectivity index (χ0v) is 16.7. The van der Waals surface area contributed by atoms with Crippen molar-refractivity contribution in [3.05, 3.63) is 68.4 Å². The number of hydrogen-bond donors (Lipinski definition) is 0. The van der Waals surface area contributed by atoms with Gasteiger partial charge in [-0.3, -0.25) is 23.9 Å². The lowest BCUT2D eigenvalue weighted by molar-refractivity contribution is 0.0684. The summed E-state index contributed by atoms with van der Waals surface area (Å²) in [6.07, 6.45) is 0. The number of benzene rings is 2. The summed E-state index contributed by atoms with van der Waals surface area (Å²) in [4.78, 5) is 43.5. The highest BCUT2D eigenvalue weighted by Gasteiger charge is 2.35. The summed E-state index contributed by atoms with van der Waals surface area (Å²) >= 11 is 4.58. The summed E-state index contributed by atoms with van der Waals surface area (Å²) in [5.74, 6) is -0.544. The first kappa shape index (κ1) is 17.9. The average molecular weight is 444 g/mol. The van der Waals surface area contributed by atoms with Crippen LogP contribution in [0.2, 0.25) is 0 Å². The Morgan fingerprint density at radius 3 is 2.33 bits per heavy atom. The Hall–Kier alpha value is -2.45. The molecule has 27 heavy (non-hydrogen) atoms. The van der Waals surface area contributed by atoms with E-state index in [4.69, 9.17) is 0 Å². The smallest absolute Gasteiger partial charge is 0.262 e. The molecule has 2 aromatic carbocycles. The van der Waals surface area contributed by atoms with Crippen LogP contribution in [0.4, 0.5) is 0 Å². The van der Waals surface area contributed by atoms with Crippen molar-refractivity contribution < 1.29 is 9.59 Å². The molecule has 2 amide bonds. The number of fused-ring (bicyclic) bond motifs is 2. The molecule has 0 spiro atoms. The quantitative estimate of drug-likeness (QED) is 0.350. The van der Waals surface area contributed by atoms with Gasteiger partial charge in [0.25, 0.3) is 17.4 Å². The minimum absolute atomic E-state index is 0.0980. The highest BCUT2D eigenvalue weighted by atomic mass is 79.9. The third-order valence-corrected chi connectivity index (χ3v) is 5.85. The van der Waals surface area contributed by atoms with Crippen LogP contribution in [0.5, 0.6) is 0 Å². The number of nitrogens with zero attached hydrogens (tertiary/aromatic N) is 3. The van der Waals surface area contributed by atoms with Crippen LogP contribution in [0, 0.1) is 0 Å². The van der Waals surface area contributed by atoms with Crippen LogP contribution in [0.25, 0.3) is 10.9 Å². The third kappa shape index (κ3) is 2.98. The van der Waals surface area contributed by atoms with Crippen LogP contribution in [-0.2, 0) is 6.54 Å². The molecule has 0 aliphatic carbocycles. The molecule has 0 unspecified atom stereocenters. The van der Waals surface area contributed by atoms with Crippen LogP contribution in [0.1, 0.15) is 27.6 Å². The summed E-state index contributed by atoms with van der Waals surface area (Å²) in [5, 5.41) is 1.00. The second-order valence-corrected chi connectivity index (χ2v) is 7.79. The molecule has 0 saturated heterocycles. The number of carbonyl (C=O) groups excluding carboxylic acids is 2. The van der Waals surface area contributed by atoms with Crippen molar-refractivity contribution >= 4 is 50.4 Å². The molecule has 6 nitrogen and oxygen atoms in total. The Bertz CT molecular complexity index is 1120. The zero-order valence-electron chi connectivity index (χ0n) is 14.3. The maximum atomic E-state index is 12.8. The first-order valence-corrected chi connectivity index (χ1v) is 10.1. The van der Waals surface area contributed by atoms with Gasteiger partial charge in [-0.05, 0) is 37.3 Å². The largest absolute Gasteiger partial charge is 0.287 e. The molecule has 0 saturated carbocycles. The number of hydrogen-bond acceptors (Lipinski definition) is 5. The van der Waals surface area contributed by atoms with E-state index in [1.165, 1.54) is 16.7 Å². The first-order valence-electron chi connectivity index (χ1n) is 8.29. The van der Waals surface area contributed by atoms with Crippen molar-refractivity contribution in [2.75, 3.05) is 5.88 Å². The lowest BCUT2D eigenvalue weighted by Gasteiger charge is -2.15. The molecule has 4 rings (SSSR count).